The maximum Gasteiger partial charge on any atom is 0.256 e. The van der Waals surface area contributed by atoms with Gasteiger partial charge in [-0.3, -0.25) is 4.79 Å². The molecule has 4 rings (SSSR count). The number of aromatic nitrogens is 3. The highest BCUT2D eigenvalue weighted by Crippen LogP contribution is 2.19. The molecule has 0 radical (unpaired) electrons. The number of fused-ring (bicyclic) bond motifs is 1. The molecular weight excluding hydrogens is 328 g/mol. The van der Waals surface area contributed by atoms with Gasteiger partial charge in [0.25, 0.3) is 5.91 Å². The molecule has 3 aromatic heterocycles. The minimum absolute atomic E-state index is 0.196. The molecule has 0 aliphatic carbocycles. The van der Waals surface area contributed by atoms with Gasteiger partial charge in [0.15, 0.2) is 11.4 Å². The number of carbonyl (C=O) groups excluding carboxylic acids is 1. The van der Waals surface area contributed by atoms with E-state index < -0.39 is 0 Å². The van der Waals surface area contributed by atoms with Crippen LogP contribution in [-0.2, 0) is 6.61 Å². The largest absolute Gasteiger partial charge is 0.485 e. The van der Waals surface area contributed by atoms with Gasteiger partial charge < -0.3 is 14.5 Å². The third kappa shape index (κ3) is 3.39. The lowest BCUT2D eigenvalue weighted by molar-refractivity contribution is 0.102. The predicted octanol–water partition coefficient (Wildman–Crippen LogP) is 3.56. The number of benzene rings is 1. The molecule has 0 bridgehead atoms. The average molecular weight is 344 g/mol. The topological polar surface area (TPSA) is 68.5 Å². The van der Waals surface area contributed by atoms with Crippen LogP contribution in [0.25, 0.3) is 5.65 Å². The first kappa shape index (κ1) is 15.8. The number of nitrogens with one attached hydrogen (secondary N) is 1. The van der Waals surface area contributed by atoms with Gasteiger partial charge in [-0.2, -0.15) is 0 Å². The number of ether oxygens (including phenoxy) is 1. The molecule has 1 aromatic carbocycles. The Morgan fingerprint density at radius 1 is 0.962 bits per heavy atom. The van der Waals surface area contributed by atoms with Gasteiger partial charge in [-0.05, 0) is 42.0 Å². The molecule has 6 heteroatoms. The van der Waals surface area contributed by atoms with E-state index in [1.54, 1.807) is 36.7 Å². The molecule has 26 heavy (non-hydrogen) atoms. The molecule has 0 fully saturated rings. The van der Waals surface area contributed by atoms with E-state index in [4.69, 9.17) is 4.74 Å². The van der Waals surface area contributed by atoms with E-state index in [0.29, 0.717) is 18.0 Å². The summed E-state index contributed by atoms with van der Waals surface area (Å²) in [6.07, 6.45) is 7.16. The van der Waals surface area contributed by atoms with E-state index in [9.17, 15) is 4.79 Å². The maximum atomic E-state index is 12.2. The molecule has 0 saturated heterocycles. The second kappa shape index (κ2) is 7.06. The summed E-state index contributed by atoms with van der Waals surface area (Å²) >= 11 is 0. The van der Waals surface area contributed by atoms with Crippen LogP contribution in [0.3, 0.4) is 0 Å². The normalized spacial score (nSPS) is 10.6. The minimum Gasteiger partial charge on any atom is -0.485 e. The Morgan fingerprint density at radius 3 is 2.65 bits per heavy atom. The Balaban J connectivity index is 1.41. The molecule has 0 saturated carbocycles. The van der Waals surface area contributed by atoms with Crippen molar-refractivity contribution < 1.29 is 9.53 Å². The van der Waals surface area contributed by atoms with Crippen LogP contribution >= 0.6 is 0 Å². The van der Waals surface area contributed by atoms with Gasteiger partial charge in [-0.25, -0.2) is 9.97 Å². The van der Waals surface area contributed by atoms with Crippen molar-refractivity contribution in [2.24, 2.45) is 0 Å². The Kier molecular flexibility index (Phi) is 4.30. The molecule has 0 atom stereocenters. The van der Waals surface area contributed by atoms with Crippen molar-refractivity contribution in [2.45, 2.75) is 6.61 Å². The summed E-state index contributed by atoms with van der Waals surface area (Å²) in [4.78, 5) is 20.6. The molecule has 0 unspecified atom stereocenters. The fourth-order valence-corrected chi connectivity index (χ4v) is 2.57. The van der Waals surface area contributed by atoms with Crippen LogP contribution in [0.4, 0.5) is 5.82 Å². The summed E-state index contributed by atoms with van der Waals surface area (Å²) in [7, 11) is 0. The van der Waals surface area contributed by atoms with Crippen molar-refractivity contribution in [3.63, 3.8) is 0 Å². The number of hydrogen-bond acceptors (Lipinski definition) is 4. The summed E-state index contributed by atoms with van der Waals surface area (Å²) in [5.41, 5.74) is 2.31. The summed E-state index contributed by atoms with van der Waals surface area (Å²) < 4.78 is 7.77. The van der Waals surface area contributed by atoms with E-state index in [2.05, 4.69) is 15.3 Å². The summed E-state index contributed by atoms with van der Waals surface area (Å²) in [5, 5.41) is 2.76. The first-order chi connectivity index (χ1) is 12.8. The van der Waals surface area contributed by atoms with E-state index in [-0.39, 0.29) is 5.91 Å². The third-order valence-corrected chi connectivity index (χ3v) is 3.90. The zero-order valence-electron chi connectivity index (χ0n) is 13.9. The van der Waals surface area contributed by atoms with E-state index >= 15 is 0 Å². The standard InChI is InChI=1S/C20H16N4O2/c25-20(23-18-5-1-2-10-21-18)16-8-6-15(7-9-16)14-26-17-4-3-12-24-13-11-22-19(17)24/h1-13H,14H2,(H,21,23,25). The van der Waals surface area contributed by atoms with Crippen LogP contribution in [0.2, 0.25) is 0 Å². The average Bonchev–Trinajstić information content (AvgIpc) is 3.17. The molecule has 1 N–H and O–H groups in total. The van der Waals surface area contributed by atoms with E-state index in [0.717, 1.165) is 17.0 Å². The number of hydrogen-bond donors (Lipinski definition) is 1. The van der Waals surface area contributed by atoms with Gasteiger partial charge >= 0.3 is 0 Å². The van der Waals surface area contributed by atoms with Gasteiger partial charge in [0.05, 0.1) is 0 Å². The Labute approximate surface area is 150 Å². The molecule has 128 valence electrons. The van der Waals surface area contributed by atoms with Crippen LogP contribution in [-0.4, -0.2) is 20.3 Å². The summed E-state index contributed by atoms with van der Waals surface area (Å²) in [5.74, 6) is 1.05. The fraction of sp³-hybridized carbons (Fsp3) is 0.0500. The molecule has 0 aliphatic rings. The number of imidazole rings is 1. The number of rotatable bonds is 5. The molecule has 1 amide bonds. The molecule has 3 heterocycles. The van der Waals surface area contributed by atoms with E-state index in [1.165, 1.54) is 0 Å². The summed E-state index contributed by atoms with van der Waals surface area (Å²) in [6, 6.07) is 16.5. The molecule has 4 aromatic rings. The van der Waals surface area contributed by atoms with Gasteiger partial charge in [0.2, 0.25) is 0 Å². The Hall–Kier alpha value is -3.67. The zero-order chi connectivity index (χ0) is 17.8. The Bertz CT molecular complexity index is 1030. The van der Waals surface area contributed by atoms with Gasteiger partial charge in [0, 0.05) is 30.4 Å². The second-order valence-corrected chi connectivity index (χ2v) is 5.69. The highest BCUT2D eigenvalue weighted by atomic mass is 16.5. The predicted molar refractivity (Wildman–Crippen MR) is 98.2 cm³/mol. The van der Waals surface area contributed by atoms with Crippen molar-refractivity contribution in [2.75, 3.05) is 5.32 Å². The highest BCUT2D eigenvalue weighted by Gasteiger charge is 2.07. The van der Waals surface area contributed by atoms with Crippen molar-refractivity contribution in [3.05, 3.63) is 90.5 Å². The SMILES string of the molecule is O=C(Nc1ccccn1)c1ccc(COc2cccn3ccnc23)cc1. The Morgan fingerprint density at radius 2 is 1.85 bits per heavy atom. The van der Waals surface area contributed by atoms with Gasteiger partial charge in [-0.1, -0.05) is 18.2 Å². The number of pyridine rings is 2. The number of anilines is 1. The lowest BCUT2D eigenvalue weighted by Crippen LogP contribution is -2.12. The quantitative estimate of drug-likeness (QED) is 0.601. The first-order valence-corrected chi connectivity index (χ1v) is 8.15. The lowest BCUT2D eigenvalue weighted by atomic mass is 10.1. The second-order valence-electron chi connectivity index (χ2n) is 5.69. The fourth-order valence-electron chi connectivity index (χ4n) is 2.57. The first-order valence-electron chi connectivity index (χ1n) is 8.15. The molecule has 6 nitrogen and oxygen atoms in total. The maximum absolute atomic E-state index is 12.2. The zero-order valence-corrected chi connectivity index (χ0v) is 13.9. The molecule has 0 spiro atoms. The van der Waals surface area contributed by atoms with Crippen molar-refractivity contribution >= 4 is 17.4 Å². The van der Waals surface area contributed by atoms with Crippen LogP contribution in [0.15, 0.2) is 79.4 Å². The van der Waals surface area contributed by atoms with Crippen LogP contribution in [0.1, 0.15) is 15.9 Å². The smallest absolute Gasteiger partial charge is 0.256 e. The number of amides is 1. The number of nitrogens with zero attached hydrogens (tertiary/aromatic N) is 3. The monoisotopic (exact) mass is 344 g/mol. The van der Waals surface area contributed by atoms with Crippen molar-refractivity contribution in [1.29, 1.82) is 0 Å². The molecular formula is C20H16N4O2. The minimum atomic E-state index is -0.196. The van der Waals surface area contributed by atoms with Crippen LogP contribution < -0.4 is 10.1 Å². The highest BCUT2D eigenvalue weighted by molar-refractivity contribution is 6.03. The summed E-state index contributed by atoms with van der Waals surface area (Å²) in [6.45, 7) is 0.397. The van der Waals surface area contributed by atoms with Gasteiger partial charge in [-0.15, -0.1) is 0 Å². The van der Waals surface area contributed by atoms with Crippen molar-refractivity contribution in [1.82, 2.24) is 14.4 Å². The van der Waals surface area contributed by atoms with Crippen molar-refractivity contribution in [3.8, 4) is 5.75 Å². The number of carbonyl (C=O) groups is 1. The lowest BCUT2D eigenvalue weighted by Gasteiger charge is -2.08. The molecule has 0 aliphatic heterocycles. The van der Waals surface area contributed by atoms with Crippen LogP contribution in [0, 0.1) is 0 Å². The third-order valence-electron chi connectivity index (χ3n) is 3.90. The van der Waals surface area contributed by atoms with E-state index in [1.807, 2.05) is 47.1 Å². The van der Waals surface area contributed by atoms with Gasteiger partial charge in [0.1, 0.15) is 12.4 Å². The van der Waals surface area contributed by atoms with Crippen LogP contribution in [0.5, 0.6) is 5.75 Å².